The van der Waals surface area contributed by atoms with Crippen molar-refractivity contribution in [2.45, 2.75) is 19.9 Å². The van der Waals surface area contributed by atoms with Crippen LogP contribution in [-0.4, -0.2) is 4.98 Å². The van der Waals surface area contributed by atoms with Gasteiger partial charge in [-0.3, -0.25) is 0 Å². The number of nitrogens with zero attached hydrogens (tertiary/aromatic N) is 1. The minimum Gasteiger partial charge on any atom is -0.437 e. The highest BCUT2D eigenvalue weighted by molar-refractivity contribution is 6.32. The Bertz CT molecular complexity index is 538. The molecule has 1 aromatic heterocycles. The fourth-order valence-electron chi connectivity index (χ4n) is 1.52. The number of nitrogens with two attached hydrogens (primary N) is 1. The quantitative estimate of drug-likeness (QED) is 0.914. The normalized spacial score (nSPS) is 12.2. The van der Waals surface area contributed by atoms with E-state index < -0.39 is 0 Å². The van der Waals surface area contributed by atoms with Crippen molar-refractivity contribution in [1.82, 2.24) is 4.98 Å². The molecule has 0 saturated heterocycles. The molecule has 0 aliphatic carbocycles. The summed E-state index contributed by atoms with van der Waals surface area (Å²) in [6.07, 6.45) is 1.71. The molecule has 0 amide bonds. The molecule has 1 unspecified atom stereocenters. The van der Waals surface area contributed by atoms with Crippen molar-refractivity contribution in [2.75, 3.05) is 0 Å². The summed E-state index contributed by atoms with van der Waals surface area (Å²) >= 11 is 6.06. The first-order valence-corrected chi connectivity index (χ1v) is 6.09. The zero-order chi connectivity index (χ0) is 13.1. The summed E-state index contributed by atoms with van der Waals surface area (Å²) in [6, 6.07) is 9.27. The number of benzene rings is 1. The molecule has 2 aromatic rings. The van der Waals surface area contributed by atoms with Gasteiger partial charge >= 0.3 is 0 Å². The summed E-state index contributed by atoms with van der Waals surface area (Å²) in [5, 5.41) is 0.568. The van der Waals surface area contributed by atoms with Gasteiger partial charge in [0.1, 0.15) is 5.75 Å². The predicted octanol–water partition coefficient (Wildman–Crippen LogP) is 3.86. The molecule has 18 heavy (non-hydrogen) atoms. The van der Waals surface area contributed by atoms with Gasteiger partial charge in [0.25, 0.3) is 0 Å². The van der Waals surface area contributed by atoms with E-state index in [-0.39, 0.29) is 6.04 Å². The van der Waals surface area contributed by atoms with Crippen LogP contribution in [0.3, 0.4) is 0 Å². The lowest BCUT2D eigenvalue weighted by Crippen LogP contribution is -2.05. The number of hydrogen-bond donors (Lipinski definition) is 1. The molecule has 0 spiro atoms. The lowest BCUT2D eigenvalue weighted by Gasteiger charge is -2.09. The summed E-state index contributed by atoms with van der Waals surface area (Å²) < 4.78 is 5.64. The lowest BCUT2D eigenvalue weighted by atomic mass is 10.2. The van der Waals surface area contributed by atoms with E-state index in [1.54, 1.807) is 12.3 Å². The maximum atomic E-state index is 6.06. The molecule has 1 heterocycles. The van der Waals surface area contributed by atoms with E-state index >= 15 is 0 Å². The largest absolute Gasteiger partial charge is 0.437 e. The van der Waals surface area contributed by atoms with E-state index in [1.807, 2.05) is 38.1 Å². The number of ether oxygens (including phenoxy) is 1. The third-order valence-corrected chi connectivity index (χ3v) is 2.90. The third kappa shape index (κ3) is 3.00. The van der Waals surface area contributed by atoms with Gasteiger partial charge in [-0.05, 0) is 37.1 Å². The highest BCUT2D eigenvalue weighted by Gasteiger charge is 2.05. The van der Waals surface area contributed by atoms with Crippen molar-refractivity contribution in [3.63, 3.8) is 0 Å². The van der Waals surface area contributed by atoms with Crippen LogP contribution in [0.2, 0.25) is 5.02 Å². The van der Waals surface area contributed by atoms with Crippen LogP contribution < -0.4 is 10.5 Å². The molecule has 94 valence electrons. The SMILES string of the molecule is Cc1ccc(Cl)c(Oc2ccc(C(C)N)cn2)c1. The molecule has 0 fully saturated rings. The van der Waals surface area contributed by atoms with Gasteiger partial charge in [0, 0.05) is 18.3 Å². The van der Waals surface area contributed by atoms with E-state index in [4.69, 9.17) is 22.1 Å². The first-order valence-electron chi connectivity index (χ1n) is 5.72. The van der Waals surface area contributed by atoms with Crippen molar-refractivity contribution < 1.29 is 4.74 Å². The van der Waals surface area contributed by atoms with Crippen LogP contribution in [0.15, 0.2) is 36.5 Å². The number of halogens is 1. The Morgan fingerprint density at radius 2 is 2.06 bits per heavy atom. The maximum Gasteiger partial charge on any atom is 0.219 e. The molecule has 1 atom stereocenters. The standard InChI is InChI=1S/C14H15ClN2O/c1-9-3-5-12(15)13(7-9)18-14-6-4-11(8-17-14)10(2)16/h3-8,10H,16H2,1-2H3. The number of rotatable bonds is 3. The van der Waals surface area contributed by atoms with E-state index in [0.717, 1.165) is 11.1 Å². The highest BCUT2D eigenvalue weighted by atomic mass is 35.5. The second-order valence-corrected chi connectivity index (χ2v) is 4.66. The summed E-state index contributed by atoms with van der Waals surface area (Å²) in [5.74, 6) is 1.12. The number of aryl methyl sites for hydroxylation is 1. The number of aromatic nitrogens is 1. The number of pyridine rings is 1. The Morgan fingerprint density at radius 3 is 2.67 bits per heavy atom. The zero-order valence-electron chi connectivity index (χ0n) is 10.4. The van der Waals surface area contributed by atoms with Crippen LogP contribution in [0.1, 0.15) is 24.1 Å². The monoisotopic (exact) mass is 262 g/mol. The lowest BCUT2D eigenvalue weighted by molar-refractivity contribution is 0.462. The average Bonchev–Trinajstić information content (AvgIpc) is 2.34. The fourth-order valence-corrected chi connectivity index (χ4v) is 1.68. The molecule has 2 N–H and O–H groups in total. The van der Waals surface area contributed by atoms with Crippen molar-refractivity contribution in [3.05, 3.63) is 52.7 Å². The predicted molar refractivity (Wildman–Crippen MR) is 73.1 cm³/mol. The van der Waals surface area contributed by atoms with Gasteiger partial charge < -0.3 is 10.5 Å². The Balaban J connectivity index is 2.21. The first kappa shape index (κ1) is 12.9. The van der Waals surface area contributed by atoms with Crippen LogP contribution in [0.5, 0.6) is 11.6 Å². The van der Waals surface area contributed by atoms with Crippen molar-refractivity contribution >= 4 is 11.6 Å². The van der Waals surface area contributed by atoms with Gasteiger partial charge in [-0.15, -0.1) is 0 Å². The molecule has 1 aromatic carbocycles. The molecule has 4 heteroatoms. The van der Waals surface area contributed by atoms with E-state index in [2.05, 4.69) is 4.98 Å². The van der Waals surface area contributed by atoms with Gasteiger partial charge in [0.15, 0.2) is 0 Å². The van der Waals surface area contributed by atoms with Crippen LogP contribution >= 0.6 is 11.6 Å². The Kier molecular flexibility index (Phi) is 3.84. The molecule has 0 radical (unpaired) electrons. The van der Waals surface area contributed by atoms with Crippen LogP contribution in [0, 0.1) is 6.92 Å². The van der Waals surface area contributed by atoms with Crippen molar-refractivity contribution in [2.24, 2.45) is 5.73 Å². The molecule has 0 aliphatic heterocycles. The molecule has 0 bridgehead atoms. The molecule has 0 aliphatic rings. The maximum absolute atomic E-state index is 6.06. The number of hydrogen-bond acceptors (Lipinski definition) is 3. The van der Waals surface area contributed by atoms with E-state index in [1.165, 1.54) is 0 Å². The van der Waals surface area contributed by atoms with E-state index in [0.29, 0.717) is 16.7 Å². The van der Waals surface area contributed by atoms with Crippen molar-refractivity contribution in [1.29, 1.82) is 0 Å². The van der Waals surface area contributed by atoms with Gasteiger partial charge in [0.2, 0.25) is 5.88 Å². The van der Waals surface area contributed by atoms with Crippen molar-refractivity contribution in [3.8, 4) is 11.6 Å². The summed E-state index contributed by atoms with van der Waals surface area (Å²) in [5.41, 5.74) is 7.81. The summed E-state index contributed by atoms with van der Waals surface area (Å²) in [6.45, 7) is 3.89. The molecular formula is C14H15ClN2O. The van der Waals surface area contributed by atoms with Gasteiger partial charge in [0.05, 0.1) is 5.02 Å². The van der Waals surface area contributed by atoms with Crippen LogP contribution in [0.4, 0.5) is 0 Å². The Labute approximate surface area is 112 Å². The zero-order valence-corrected chi connectivity index (χ0v) is 11.1. The van der Waals surface area contributed by atoms with Gasteiger partial charge in [-0.25, -0.2) is 4.98 Å². The highest BCUT2D eigenvalue weighted by Crippen LogP contribution is 2.29. The Hall–Kier alpha value is -1.58. The topological polar surface area (TPSA) is 48.1 Å². The summed E-state index contributed by atoms with van der Waals surface area (Å²) in [4.78, 5) is 4.21. The minimum absolute atomic E-state index is 0.0332. The van der Waals surface area contributed by atoms with Crippen LogP contribution in [-0.2, 0) is 0 Å². The molecule has 0 saturated carbocycles. The second kappa shape index (κ2) is 5.38. The van der Waals surface area contributed by atoms with Gasteiger partial charge in [-0.2, -0.15) is 0 Å². The first-order chi connectivity index (χ1) is 8.56. The van der Waals surface area contributed by atoms with Crippen LogP contribution in [0.25, 0.3) is 0 Å². The summed E-state index contributed by atoms with van der Waals surface area (Å²) in [7, 11) is 0. The average molecular weight is 263 g/mol. The van der Waals surface area contributed by atoms with E-state index in [9.17, 15) is 0 Å². The van der Waals surface area contributed by atoms with Gasteiger partial charge in [-0.1, -0.05) is 23.7 Å². The second-order valence-electron chi connectivity index (χ2n) is 4.25. The molecule has 3 nitrogen and oxygen atoms in total. The fraction of sp³-hybridized carbons (Fsp3) is 0.214. The third-order valence-electron chi connectivity index (χ3n) is 2.59. The smallest absolute Gasteiger partial charge is 0.219 e. The minimum atomic E-state index is -0.0332. The molecular weight excluding hydrogens is 248 g/mol. The Morgan fingerprint density at radius 1 is 1.28 bits per heavy atom. The molecule has 2 rings (SSSR count).